The summed E-state index contributed by atoms with van der Waals surface area (Å²) in [5.74, 6) is 0.104. The van der Waals surface area contributed by atoms with Gasteiger partial charge in [-0.15, -0.1) is 0 Å². The van der Waals surface area contributed by atoms with Crippen LogP contribution in [0, 0.1) is 5.41 Å². The maximum absolute atomic E-state index is 7.12. The summed E-state index contributed by atoms with van der Waals surface area (Å²) in [7, 11) is 0. The van der Waals surface area contributed by atoms with Crippen molar-refractivity contribution < 1.29 is 0 Å². The molecule has 0 fully saturated rings. The molecule has 1 aromatic heterocycles. The highest BCUT2D eigenvalue weighted by Crippen LogP contribution is 2.15. The first-order chi connectivity index (χ1) is 5.65. The largest absolute Gasteiger partial charge is 0.387 e. The van der Waals surface area contributed by atoms with Crippen molar-refractivity contribution in [3.8, 4) is 0 Å². The molecule has 0 bridgehead atoms. The van der Waals surface area contributed by atoms with E-state index in [0.717, 1.165) is 12.2 Å². The number of rotatable bonds is 3. The minimum absolute atomic E-state index is 0.104. The Morgan fingerprint density at radius 2 is 2.50 bits per heavy atom. The highest BCUT2D eigenvalue weighted by Gasteiger charge is 2.08. The van der Waals surface area contributed by atoms with E-state index >= 15 is 0 Å². The Balaban J connectivity index is 2.94. The van der Waals surface area contributed by atoms with Crippen molar-refractivity contribution >= 4 is 17.4 Å². The molecule has 0 atom stereocenters. The van der Waals surface area contributed by atoms with E-state index in [9.17, 15) is 0 Å². The lowest BCUT2D eigenvalue weighted by Crippen LogP contribution is -2.16. The number of nitrogens with two attached hydrogens (primary N) is 1. The summed E-state index contributed by atoms with van der Waals surface area (Å²) in [5.41, 5.74) is 6.07. The fraction of sp³-hybridized carbons (Fsp3) is 0.429. The van der Waals surface area contributed by atoms with Gasteiger partial charge in [0.25, 0.3) is 0 Å². The number of aromatic nitrogens is 2. The molecule has 66 valence electrons. The summed E-state index contributed by atoms with van der Waals surface area (Å²) in [5, 5.41) is 11.7. The summed E-state index contributed by atoms with van der Waals surface area (Å²) in [4.78, 5) is 0. The van der Waals surface area contributed by atoms with Gasteiger partial charge in [0.1, 0.15) is 0 Å². The summed E-state index contributed by atoms with van der Waals surface area (Å²) in [6.45, 7) is 2.71. The van der Waals surface area contributed by atoms with Gasteiger partial charge in [-0.05, 0) is 6.92 Å². The second-order valence-electron chi connectivity index (χ2n) is 2.46. The summed E-state index contributed by atoms with van der Waals surface area (Å²) in [6, 6.07) is 0. The lowest BCUT2D eigenvalue weighted by molar-refractivity contribution is 0.634. The number of hydrogen-bond acceptors (Lipinski definition) is 2. The molecule has 0 aromatic carbocycles. The van der Waals surface area contributed by atoms with E-state index < -0.39 is 0 Å². The van der Waals surface area contributed by atoms with Crippen molar-refractivity contribution in [2.45, 2.75) is 19.9 Å². The van der Waals surface area contributed by atoms with Gasteiger partial charge in [0, 0.05) is 13.0 Å². The molecular formula is C7H11ClN4. The molecule has 1 rings (SSSR count). The zero-order valence-corrected chi connectivity index (χ0v) is 7.60. The molecule has 0 saturated heterocycles. The van der Waals surface area contributed by atoms with Gasteiger partial charge in [-0.3, -0.25) is 10.1 Å². The monoisotopic (exact) mass is 186 g/mol. The van der Waals surface area contributed by atoms with Crippen LogP contribution < -0.4 is 5.73 Å². The van der Waals surface area contributed by atoms with Gasteiger partial charge in [0.2, 0.25) is 0 Å². The van der Waals surface area contributed by atoms with E-state index in [1.165, 1.54) is 0 Å². The molecule has 0 saturated carbocycles. The van der Waals surface area contributed by atoms with Crippen LogP contribution in [0.2, 0.25) is 5.02 Å². The molecule has 0 spiro atoms. The maximum atomic E-state index is 7.12. The van der Waals surface area contributed by atoms with Gasteiger partial charge in [-0.2, -0.15) is 5.10 Å². The highest BCUT2D eigenvalue weighted by atomic mass is 35.5. The smallest absolute Gasteiger partial charge is 0.0966 e. The van der Waals surface area contributed by atoms with E-state index in [1.54, 1.807) is 10.9 Å². The van der Waals surface area contributed by atoms with Crippen molar-refractivity contribution in [2.75, 3.05) is 0 Å². The van der Waals surface area contributed by atoms with E-state index in [2.05, 4.69) is 5.10 Å². The van der Waals surface area contributed by atoms with E-state index in [-0.39, 0.29) is 5.84 Å². The lowest BCUT2D eigenvalue weighted by atomic mass is 10.3. The molecule has 1 heterocycles. The Bertz CT molecular complexity index is 292. The van der Waals surface area contributed by atoms with Crippen LogP contribution in [-0.4, -0.2) is 15.6 Å². The first kappa shape index (κ1) is 9.06. The molecule has 4 nitrogen and oxygen atoms in total. The van der Waals surface area contributed by atoms with E-state index in [0.29, 0.717) is 11.4 Å². The molecule has 0 aliphatic rings. The molecule has 0 unspecified atom stereocenters. The minimum Gasteiger partial charge on any atom is -0.387 e. The highest BCUT2D eigenvalue weighted by molar-refractivity contribution is 6.31. The van der Waals surface area contributed by atoms with Gasteiger partial charge < -0.3 is 5.73 Å². The average Bonchev–Trinajstić information content (AvgIpc) is 2.32. The third-order valence-electron chi connectivity index (χ3n) is 1.56. The van der Waals surface area contributed by atoms with E-state index in [1.807, 2.05) is 6.92 Å². The van der Waals surface area contributed by atoms with Crippen molar-refractivity contribution in [3.05, 3.63) is 16.9 Å². The maximum Gasteiger partial charge on any atom is 0.0966 e. The molecule has 0 aliphatic carbocycles. The molecule has 3 N–H and O–H groups in total. The van der Waals surface area contributed by atoms with Crippen molar-refractivity contribution in [2.24, 2.45) is 5.73 Å². The quantitative estimate of drug-likeness (QED) is 0.547. The van der Waals surface area contributed by atoms with Crippen LogP contribution in [0.4, 0.5) is 0 Å². The number of nitrogens with one attached hydrogen (secondary N) is 1. The van der Waals surface area contributed by atoms with Crippen LogP contribution in [-0.2, 0) is 13.0 Å². The standard InChI is InChI=1S/C7H11ClN4/c1-2-12-6(3-7(9)10)5(8)4-11-12/h4H,2-3H2,1H3,(H3,9,10). The number of hydrogen-bond donors (Lipinski definition) is 2. The van der Waals surface area contributed by atoms with Crippen molar-refractivity contribution in [3.63, 3.8) is 0 Å². The zero-order chi connectivity index (χ0) is 9.14. The number of amidine groups is 1. The average molecular weight is 187 g/mol. The predicted octanol–water partition coefficient (Wildman–Crippen LogP) is 1.03. The zero-order valence-electron chi connectivity index (χ0n) is 6.84. The van der Waals surface area contributed by atoms with Gasteiger partial charge in [0.15, 0.2) is 0 Å². The van der Waals surface area contributed by atoms with Gasteiger partial charge in [-0.25, -0.2) is 0 Å². The van der Waals surface area contributed by atoms with E-state index in [4.69, 9.17) is 22.7 Å². The minimum atomic E-state index is 0.104. The topological polar surface area (TPSA) is 67.7 Å². The Morgan fingerprint density at radius 1 is 1.83 bits per heavy atom. The lowest BCUT2D eigenvalue weighted by Gasteiger charge is -2.03. The Labute approximate surface area is 75.8 Å². The number of nitrogens with zero attached hydrogens (tertiary/aromatic N) is 2. The van der Waals surface area contributed by atoms with Crippen molar-refractivity contribution in [1.29, 1.82) is 5.41 Å². The third-order valence-corrected chi connectivity index (χ3v) is 1.87. The van der Waals surface area contributed by atoms with Crippen LogP contribution in [0.5, 0.6) is 0 Å². The molecule has 12 heavy (non-hydrogen) atoms. The molecule has 5 heteroatoms. The molecule has 1 aromatic rings. The van der Waals surface area contributed by atoms with Gasteiger partial charge >= 0.3 is 0 Å². The SMILES string of the molecule is CCn1ncc(Cl)c1CC(=N)N. The fourth-order valence-corrected chi connectivity index (χ4v) is 1.22. The molecule has 0 amide bonds. The van der Waals surface area contributed by atoms with Crippen LogP contribution >= 0.6 is 11.6 Å². The van der Waals surface area contributed by atoms with Crippen LogP contribution in [0.3, 0.4) is 0 Å². The molecule has 0 aliphatic heterocycles. The normalized spacial score (nSPS) is 10.2. The summed E-state index contributed by atoms with van der Waals surface area (Å²) >= 11 is 5.83. The van der Waals surface area contributed by atoms with Crippen LogP contribution in [0.25, 0.3) is 0 Å². The van der Waals surface area contributed by atoms with Crippen LogP contribution in [0.15, 0.2) is 6.20 Å². The third kappa shape index (κ3) is 1.76. The van der Waals surface area contributed by atoms with Gasteiger partial charge in [0.05, 0.1) is 22.7 Å². The Hall–Kier alpha value is -1.03. The summed E-state index contributed by atoms with van der Waals surface area (Å²) < 4.78 is 1.74. The second-order valence-corrected chi connectivity index (χ2v) is 2.86. The molecule has 0 radical (unpaired) electrons. The Kier molecular flexibility index (Phi) is 2.70. The first-order valence-electron chi connectivity index (χ1n) is 3.68. The Morgan fingerprint density at radius 3 is 3.00 bits per heavy atom. The first-order valence-corrected chi connectivity index (χ1v) is 4.06. The van der Waals surface area contributed by atoms with Crippen LogP contribution in [0.1, 0.15) is 12.6 Å². The fourth-order valence-electron chi connectivity index (χ4n) is 1.02. The molecular weight excluding hydrogens is 176 g/mol. The van der Waals surface area contributed by atoms with Crippen molar-refractivity contribution in [1.82, 2.24) is 9.78 Å². The number of aryl methyl sites for hydroxylation is 1. The second kappa shape index (κ2) is 3.58. The predicted molar refractivity (Wildman–Crippen MR) is 48.5 cm³/mol. The van der Waals surface area contributed by atoms with Gasteiger partial charge in [-0.1, -0.05) is 11.6 Å². The summed E-state index contributed by atoms with van der Waals surface area (Å²) in [6.07, 6.45) is 1.94. The number of halogens is 1.